The third-order valence-corrected chi connectivity index (χ3v) is 2.73. The van der Waals surface area contributed by atoms with Gasteiger partial charge in [0, 0.05) is 26.6 Å². The van der Waals surface area contributed by atoms with E-state index in [1.165, 1.54) is 12.1 Å². The SMILES string of the molecule is COCC(C)CC(=O)Cc1cc(F)ccc1C. The number of hydrogen-bond donors (Lipinski definition) is 0. The van der Waals surface area contributed by atoms with Crippen LogP contribution >= 0.6 is 0 Å². The van der Waals surface area contributed by atoms with Gasteiger partial charge in [-0.2, -0.15) is 0 Å². The van der Waals surface area contributed by atoms with Gasteiger partial charge in [-0.3, -0.25) is 4.79 Å². The van der Waals surface area contributed by atoms with Crippen LogP contribution in [-0.2, 0) is 16.0 Å². The average Bonchev–Trinajstić information content (AvgIpc) is 2.23. The van der Waals surface area contributed by atoms with Gasteiger partial charge in [0.05, 0.1) is 0 Å². The number of hydrogen-bond acceptors (Lipinski definition) is 2. The number of ether oxygens (including phenoxy) is 1. The Balaban J connectivity index is 2.58. The second-order valence-electron chi connectivity index (χ2n) is 4.55. The van der Waals surface area contributed by atoms with E-state index in [9.17, 15) is 9.18 Å². The number of carbonyl (C=O) groups excluding carboxylic acids is 1. The Bertz CT molecular complexity index is 388. The summed E-state index contributed by atoms with van der Waals surface area (Å²) in [5.41, 5.74) is 1.73. The lowest BCUT2D eigenvalue weighted by molar-refractivity contribution is -0.119. The van der Waals surface area contributed by atoms with Crippen LogP contribution in [0.1, 0.15) is 24.5 Å². The number of Topliss-reactive ketones (excluding diaryl/α,β-unsaturated/α-hetero) is 1. The number of halogens is 1. The zero-order valence-electron chi connectivity index (χ0n) is 10.6. The molecule has 1 atom stereocenters. The molecule has 1 aromatic carbocycles. The Labute approximate surface area is 102 Å². The molecule has 17 heavy (non-hydrogen) atoms. The molecule has 1 unspecified atom stereocenters. The van der Waals surface area contributed by atoms with Crippen LogP contribution in [0.4, 0.5) is 4.39 Å². The molecule has 0 amide bonds. The van der Waals surface area contributed by atoms with Crippen LogP contribution in [0.25, 0.3) is 0 Å². The van der Waals surface area contributed by atoms with Crippen molar-refractivity contribution in [2.45, 2.75) is 26.7 Å². The predicted molar refractivity (Wildman–Crippen MR) is 65.5 cm³/mol. The molecule has 94 valence electrons. The van der Waals surface area contributed by atoms with E-state index in [4.69, 9.17) is 4.74 Å². The summed E-state index contributed by atoms with van der Waals surface area (Å²) >= 11 is 0. The molecule has 0 aliphatic rings. The number of rotatable bonds is 6. The first-order valence-electron chi connectivity index (χ1n) is 5.78. The molecule has 0 spiro atoms. The fraction of sp³-hybridized carbons (Fsp3) is 0.500. The Morgan fingerprint density at radius 1 is 1.47 bits per heavy atom. The van der Waals surface area contributed by atoms with Gasteiger partial charge in [-0.05, 0) is 36.1 Å². The number of carbonyl (C=O) groups is 1. The molecule has 1 rings (SSSR count). The van der Waals surface area contributed by atoms with Crippen LogP contribution < -0.4 is 0 Å². The maximum absolute atomic E-state index is 13.0. The fourth-order valence-corrected chi connectivity index (χ4v) is 1.85. The van der Waals surface area contributed by atoms with Crippen LogP contribution in [0.15, 0.2) is 18.2 Å². The largest absolute Gasteiger partial charge is 0.384 e. The molecule has 0 bridgehead atoms. The molecule has 0 saturated heterocycles. The van der Waals surface area contributed by atoms with Gasteiger partial charge in [-0.1, -0.05) is 13.0 Å². The summed E-state index contributed by atoms with van der Waals surface area (Å²) in [5, 5.41) is 0. The summed E-state index contributed by atoms with van der Waals surface area (Å²) in [6.07, 6.45) is 0.779. The Morgan fingerprint density at radius 3 is 2.82 bits per heavy atom. The van der Waals surface area contributed by atoms with Gasteiger partial charge in [0.2, 0.25) is 0 Å². The van der Waals surface area contributed by atoms with Gasteiger partial charge < -0.3 is 4.74 Å². The monoisotopic (exact) mass is 238 g/mol. The van der Waals surface area contributed by atoms with E-state index in [0.717, 1.165) is 11.1 Å². The van der Waals surface area contributed by atoms with Gasteiger partial charge in [-0.25, -0.2) is 4.39 Å². The van der Waals surface area contributed by atoms with Gasteiger partial charge in [0.1, 0.15) is 11.6 Å². The smallest absolute Gasteiger partial charge is 0.137 e. The predicted octanol–water partition coefficient (Wildman–Crippen LogP) is 2.92. The highest BCUT2D eigenvalue weighted by Crippen LogP contribution is 2.13. The topological polar surface area (TPSA) is 26.3 Å². The lowest BCUT2D eigenvalue weighted by Crippen LogP contribution is -2.13. The third-order valence-electron chi connectivity index (χ3n) is 2.73. The van der Waals surface area contributed by atoms with Crippen LogP contribution in [0.3, 0.4) is 0 Å². The standard InChI is InChI=1S/C14H19FO2/c1-10(9-17-3)6-14(16)8-12-7-13(15)5-4-11(12)2/h4-5,7,10H,6,8-9H2,1-3H3. The van der Waals surface area contributed by atoms with Gasteiger partial charge in [-0.15, -0.1) is 0 Å². The number of ketones is 1. The molecular formula is C14H19FO2. The third kappa shape index (κ3) is 4.65. The van der Waals surface area contributed by atoms with Crippen molar-refractivity contribution >= 4 is 5.78 Å². The van der Waals surface area contributed by atoms with Crippen molar-refractivity contribution in [1.82, 2.24) is 0 Å². The molecule has 1 aromatic rings. The number of aryl methyl sites for hydroxylation is 1. The Hall–Kier alpha value is -1.22. The average molecular weight is 238 g/mol. The number of benzene rings is 1. The molecule has 0 radical (unpaired) electrons. The van der Waals surface area contributed by atoms with E-state index in [1.807, 2.05) is 13.8 Å². The highest BCUT2D eigenvalue weighted by molar-refractivity contribution is 5.81. The zero-order valence-corrected chi connectivity index (χ0v) is 10.6. The molecule has 2 nitrogen and oxygen atoms in total. The van der Waals surface area contributed by atoms with Crippen molar-refractivity contribution in [3.8, 4) is 0 Å². The molecule has 3 heteroatoms. The molecule has 0 N–H and O–H groups in total. The first kappa shape index (κ1) is 13.8. The molecule has 0 fully saturated rings. The minimum absolute atomic E-state index is 0.128. The van der Waals surface area contributed by atoms with Crippen molar-refractivity contribution in [3.63, 3.8) is 0 Å². The van der Waals surface area contributed by atoms with Crippen molar-refractivity contribution in [2.75, 3.05) is 13.7 Å². The zero-order chi connectivity index (χ0) is 12.8. The summed E-state index contributed by atoms with van der Waals surface area (Å²) < 4.78 is 18.0. The molecular weight excluding hydrogens is 219 g/mol. The summed E-state index contributed by atoms with van der Waals surface area (Å²) in [7, 11) is 1.62. The molecule has 0 saturated carbocycles. The fourth-order valence-electron chi connectivity index (χ4n) is 1.85. The maximum Gasteiger partial charge on any atom is 0.137 e. The van der Waals surface area contributed by atoms with Gasteiger partial charge >= 0.3 is 0 Å². The van der Waals surface area contributed by atoms with E-state index < -0.39 is 0 Å². The van der Waals surface area contributed by atoms with E-state index in [-0.39, 0.29) is 17.5 Å². The van der Waals surface area contributed by atoms with Crippen molar-refractivity contribution in [3.05, 3.63) is 35.1 Å². The summed E-state index contributed by atoms with van der Waals surface area (Å²) in [5.74, 6) is 0.0490. The minimum atomic E-state index is -0.289. The van der Waals surface area contributed by atoms with E-state index >= 15 is 0 Å². The first-order valence-corrected chi connectivity index (χ1v) is 5.78. The molecule has 0 heterocycles. The summed E-state index contributed by atoms with van der Waals surface area (Å²) in [6, 6.07) is 4.56. The van der Waals surface area contributed by atoms with Crippen LogP contribution in [0.2, 0.25) is 0 Å². The number of methoxy groups -OCH3 is 1. The highest BCUT2D eigenvalue weighted by atomic mass is 19.1. The van der Waals surface area contributed by atoms with Gasteiger partial charge in [0.15, 0.2) is 0 Å². The second kappa shape index (κ2) is 6.50. The Kier molecular flexibility index (Phi) is 5.29. The summed E-state index contributed by atoms with van der Waals surface area (Å²) in [4.78, 5) is 11.8. The second-order valence-corrected chi connectivity index (χ2v) is 4.55. The highest BCUT2D eigenvalue weighted by Gasteiger charge is 2.11. The molecule has 0 aliphatic carbocycles. The van der Waals surface area contributed by atoms with Gasteiger partial charge in [0.25, 0.3) is 0 Å². The first-order chi connectivity index (χ1) is 8.02. The minimum Gasteiger partial charge on any atom is -0.384 e. The molecule has 0 aliphatic heterocycles. The van der Waals surface area contributed by atoms with Crippen molar-refractivity contribution in [2.24, 2.45) is 5.92 Å². The van der Waals surface area contributed by atoms with Crippen molar-refractivity contribution in [1.29, 1.82) is 0 Å². The van der Waals surface area contributed by atoms with Crippen molar-refractivity contribution < 1.29 is 13.9 Å². The lowest BCUT2D eigenvalue weighted by atomic mass is 9.98. The maximum atomic E-state index is 13.0. The van der Waals surface area contributed by atoms with E-state index in [2.05, 4.69) is 0 Å². The lowest BCUT2D eigenvalue weighted by Gasteiger charge is -2.10. The van der Waals surface area contributed by atoms with Crippen LogP contribution in [-0.4, -0.2) is 19.5 Å². The van der Waals surface area contributed by atoms with E-state index in [1.54, 1.807) is 13.2 Å². The van der Waals surface area contributed by atoms with Crippen LogP contribution in [0.5, 0.6) is 0 Å². The van der Waals surface area contributed by atoms with E-state index in [0.29, 0.717) is 19.4 Å². The summed E-state index contributed by atoms with van der Waals surface area (Å²) in [6.45, 7) is 4.44. The quantitative estimate of drug-likeness (QED) is 0.761. The Morgan fingerprint density at radius 2 is 2.18 bits per heavy atom. The molecule has 0 aromatic heterocycles. The normalized spacial score (nSPS) is 12.5. The van der Waals surface area contributed by atoms with Crippen LogP contribution in [0, 0.1) is 18.7 Å².